The SMILES string of the molecule is Cl.O=C(O)C1CCCN(Cc2noc(-c3ccccc3)n2)C1. The van der Waals surface area contributed by atoms with Crippen molar-refractivity contribution in [2.45, 2.75) is 19.4 Å². The van der Waals surface area contributed by atoms with Gasteiger partial charge in [0.15, 0.2) is 5.82 Å². The Kier molecular flexibility index (Phi) is 5.51. The zero-order chi connectivity index (χ0) is 14.7. The van der Waals surface area contributed by atoms with Crippen LogP contribution in [0.1, 0.15) is 18.7 Å². The van der Waals surface area contributed by atoms with Crippen molar-refractivity contribution in [3.63, 3.8) is 0 Å². The minimum atomic E-state index is -0.724. The lowest BCUT2D eigenvalue weighted by atomic mass is 9.98. The zero-order valence-electron chi connectivity index (χ0n) is 12.0. The number of hydrogen-bond donors (Lipinski definition) is 1. The van der Waals surface area contributed by atoms with E-state index in [0.29, 0.717) is 24.8 Å². The van der Waals surface area contributed by atoms with Gasteiger partial charge in [0.05, 0.1) is 12.5 Å². The number of aliphatic carboxylic acids is 1. The first kappa shape index (κ1) is 16.5. The summed E-state index contributed by atoms with van der Waals surface area (Å²) in [7, 11) is 0. The minimum absolute atomic E-state index is 0. The molecule has 6 nitrogen and oxygen atoms in total. The number of carboxylic acids is 1. The standard InChI is InChI=1S/C15H17N3O3.ClH/c19-15(20)12-7-4-8-18(9-12)10-13-16-14(21-17-13)11-5-2-1-3-6-11;/h1-3,5-6,12H,4,7-10H2,(H,19,20);1H. The van der Waals surface area contributed by atoms with Crippen LogP contribution in [0.15, 0.2) is 34.9 Å². The molecule has 1 aromatic heterocycles. The Bertz CT molecular complexity index is 618. The monoisotopic (exact) mass is 323 g/mol. The van der Waals surface area contributed by atoms with Crippen molar-refractivity contribution in [2.24, 2.45) is 5.92 Å². The van der Waals surface area contributed by atoms with Crippen LogP contribution in [-0.4, -0.2) is 39.2 Å². The van der Waals surface area contributed by atoms with Gasteiger partial charge in [0.25, 0.3) is 5.89 Å². The summed E-state index contributed by atoms with van der Waals surface area (Å²) in [5.41, 5.74) is 0.887. The number of hydrogen-bond acceptors (Lipinski definition) is 5. The highest BCUT2D eigenvalue weighted by Crippen LogP contribution is 2.20. The van der Waals surface area contributed by atoms with Crippen LogP contribution >= 0.6 is 12.4 Å². The van der Waals surface area contributed by atoms with Gasteiger partial charge < -0.3 is 9.63 Å². The summed E-state index contributed by atoms with van der Waals surface area (Å²) in [6.45, 7) is 1.95. The molecule has 1 fully saturated rings. The van der Waals surface area contributed by atoms with Crippen molar-refractivity contribution in [1.29, 1.82) is 0 Å². The molecule has 7 heteroatoms. The molecule has 0 spiro atoms. The fourth-order valence-electron chi connectivity index (χ4n) is 2.62. The zero-order valence-corrected chi connectivity index (χ0v) is 12.8. The van der Waals surface area contributed by atoms with E-state index in [0.717, 1.165) is 24.9 Å². The number of piperidine rings is 1. The molecule has 1 saturated heterocycles. The second-order valence-corrected chi connectivity index (χ2v) is 5.29. The van der Waals surface area contributed by atoms with Gasteiger partial charge in [-0.15, -0.1) is 12.4 Å². The van der Waals surface area contributed by atoms with Gasteiger partial charge in [0.1, 0.15) is 0 Å². The van der Waals surface area contributed by atoms with E-state index in [1.165, 1.54) is 0 Å². The van der Waals surface area contributed by atoms with Crippen molar-refractivity contribution in [2.75, 3.05) is 13.1 Å². The maximum atomic E-state index is 11.1. The van der Waals surface area contributed by atoms with Gasteiger partial charge in [-0.25, -0.2) is 0 Å². The molecule has 0 aliphatic carbocycles. The molecule has 1 unspecified atom stereocenters. The van der Waals surface area contributed by atoms with E-state index < -0.39 is 5.97 Å². The molecule has 3 rings (SSSR count). The summed E-state index contributed by atoms with van der Waals surface area (Å²) in [4.78, 5) is 17.5. The average Bonchev–Trinajstić information content (AvgIpc) is 2.97. The van der Waals surface area contributed by atoms with Crippen molar-refractivity contribution in [1.82, 2.24) is 15.0 Å². The highest BCUT2D eigenvalue weighted by atomic mass is 35.5. The first-order chi connectivity index (χ1) is 10.2. The van der Waals surface area contributed by atoms with E-state index in [9.17, 15) is 4.79 Å². The molecular weight excluding hydrogens is 306 g/mol. The van der Waals surface area contributed by atoms with E-state index in [1.54, 1.807) is 0 Å². The highest BCUT2D eigenvalue weighted by Gasteiger charge is 2.26. The molecule has 1 aliphatic rings. The first-order valence-corrected chi connectivity index (χ1v) is 7.05. The Morgan fingerprint density at radius 3 is 2.86 bits per heavy atom. The van der Waals surface area contributed by atoms with Crippen LogP contribution in [0.2, 0.25) is 0 Å². The van der Waals surface area contributed by atoms with Crippen molar-refractivity contribution < 1.29 is 14.4 Å². The smallest absolute Gasteiger partial charge is 0.307 e. The Morgan fingerprint density at radius 1 is 1.36 bits per heavy atom. The quantitative estimate of drug-likeness (QED) is 0.931. The minimum Gasteiger partial charge on any atom is -0.481 e. The van der Waals surface area contributed by atoms with E-state index in [2.05, 4.69) is 15.0 Å². The molecule has 0 saturated carbocycles. The van der Waals surface area contributed by atoms with Crippen LogP contribution in [-0.2, 0) is 11.3 Å². The maximum absolute atomic E-state index is 11.1. The summed E-state index contributed by atoms with van der Waals surface area (Å²) in [5, 5.41) is 13.1. The Labute approximate surface area is 134 Å². The van der Waals surface area contributed by atoms with E-state index in [4.69, 9.17) is 9.63 Å². The van der Waals surface area contributed by atoms with Crippen LogP contribution in [0, 0.1) is 5.92 Å². The molecule has 2 heterocycles. The lowest BCUT2D eigenvalue weighted by Gasteiger charge is -2.29. The molecule has 22 heavy (non-hydrogen) atoms. The van der Waals surface area contributed by atoms with Crippen molar-refractivity contribution >= 4 is 18.4 Å². The first-order valence-electron chi connectivity index (χ1n) is 7.05. The third-order valence-electron chi connectivity index (χ3n) is 3.71. The topological polar surface area (TPSA) is 79.5 Å². The Morgan fingerprint density at radius 2 is 2.14 bits per heavy atom. The molecule has 1 aliphatic heterocycles. The number of likely N-dealkylation sites (tertiary alicyclic amines) is 1. The van der Waals surface area contributed by atoms with E-state index in [-0.39, 0.29) is 18.3 Å². The summed E-state index contributed by atoms with van der Waals surface area (Å²) in [6, 6.07) is 9.60. The molecule has 1 atom stereocenters. The predicted octanol–water partition coefficient (Wildman–Crippen LogP) is 2.46. The third-order valence-corrected chi connectivity index (χ3v) is 3.71. The van der Waals surface area contributed by atoms with Gasteiger partial charge >= 0.3 is 5.97 Å². The number of benzene rings is 1. The van der Waals surface area contributed by atoms with Crippen LogP contribution in [0.4, 0.5) is 0 Å². The Hall–Kier alpha value is -1.92. The lowest BCUT2D eigenvalue weighted by molar-refractivity contribution is -0.143. The largest absolute Gasteiger partial charge is 0.481 e. The maximum Gasteiger partial charge on any atom is 0.307 e. The second kappa shape index (κ2) is 7.38. The van der Waals surface area contributed by atoms with Gasteiger partial charge in [-0.3, -0.25) is 9.69 Å². The normalized spacial score (nSPS) is 18.6. The Balaban J connectivity index is 0.00000176. The molecule has 1 N–H and O–H groups in total. The number of carbonyl (C=O) groups is 1. The number of carboxylic acid groups (broad SMARTS) is 1. The summed E-state index contributed by atoms with van der Waals surface area (Å²) >= 11 is 0. The predicted molar refractivity (Wildman–Crippen MR) is 82.6 cm³/mol. The fraction of sp³-hybridized carbons (Fsp3) is 0.400. The van der Waals surface area contributed by atoms with Crippen LogP contribution in [0.3, 0.4) is 0 Å². The van der Waals surface area contributed by atoms with Crippen molar-refractivity contribution in [3.8, 4) is 11.5 Å². The van der Waals surface area contributed by atoms with Gasteiger partial charge in [0, 0.05) is 12.1 Å². The molecule has 0 bridgehead atoms. The van der Waals surface area contributed by atoms with Crippen LogP contribution in [0.5, 0.6) is 0 Å². The molecule has 0 amide bonds. The summed E-state index contributed by atoms with van der Waals surface area (Å²) in [6.07, 6.45) is 1.63. The van der Waals surface area contributed by atoms with E-state index in [1.807, 2.05) is 30.3 Å². The van der Waals surface area contributed by atoms with Crippen LogP contribution < -0.4 is 0 Å². The van der Waals surface area contributed by atoms with E-state index >= 15 is 0 Å². The number of rotatable bonds is 4. The molecule has 1 aromatic carbocycles. The lowest BCUT2D eigenvalue weighted by Crippen LogP contribution is -2.38. The third kappa shape index (κ3) is 3.84. The van der Waals surface area contributed by atoms with Gasteiger partial charge in [-0.1, -0.05) is 23.4 Å². The molecule has 2 aromatic rings. The van der Waals surface area contributed by atoms with Crippen LogP contribution in [0.25, 0.3) is 11.5 Å². The average molecular weight is 324 g/mol. The summed E-state index contributed by atoms with van der Waals surface area (Å²) in [5.74, 6) is 0.0781. The molecule has 0 radical (unpaired) electrons. The summed E-state index contributed by atoms with van der Waals surface area (Å²) < 4.78 is 5.26. The highest BCUT2D eigenvalue weighted by molar-refractivity contribution is 5.85. The second-order valence-electron chi connectivity index (χ2n) is 5.29. The van der Waals surface area contributed by atoms with Gasteiger partial charge in [0.2, 0.25) is 0 Å². The number of aromatic nitrogens is 2. The molecule has 118 valence electrons. The van der Waals surface area contributed by atoms with Crippen molar-refractivity contribution in [3.05, 3.63) is 36.2 Å². The van der Waals surface area contributed by atoms with Gasteiger partial charge in [-0.2, -0.15) is 4.98 Å². The fourth-order valence-corrected chi connectivity index (χ4v) is 2.62. The van der Waals surface area contributed by atoms with Gasteiger partial charge in [-0.05, 0) is 31.5 Å². The molecular formula is C15H18ClN3O3. The number of nitrogens with zero attached hydrogens (tertiary/aromatic N) is 3. The number of halogens is 1.